The molecule has 10 nitrogen and oxygen atoms in total. The normalized spacial score (nSPS) is 14.5. The van der Waals surface area contributed by atoms with Crippen LogP contribution in [0, 0.1) is 10.1 Å². The summed E-state index contributed by atoms with van der Waals surface area (Å²) in [5.74, 6) is -0.0241. The topological polar surface area (TPSA) is 132 Å². The summed E-state index contributed by atoms with van der Waals surface area (Å²) in [5, 5.41) is 13.1. The van der Waals surface area contributed by atoms with Crippen LogP contribution in [0.4, 0.5) is 16.2 Å². The van der Waals surface area contributed by atoms with E-state index in [1.54, 1.807) is 36.4 Å². The number of benzene rings is 2. The van der Waals surface area contributed by atoms with Crippen LogP contribution < -0.4 is 10.1 Å². The van der Waals surface area contributed by atoms with E-state index < -0.39 is 28.5 Å². The number of amides is 3. The molecule has 0 unspecified atom stereocenters. The van der Waals surface area contributed by atoms with Crippen LogP contribution in [0.2, 0.25) is 5.02 Å². The number of nitro benzene ring substituents is 1. The van der Waals surface area contributed by atoms with Gasteiger partial charge in [-0.1, -0.05) is 11.6 Å². The van der Waals surface area contributed by atoms with Gasteiger partial charge >= 0.3 is 0 Å². The summed E-state index contributed by atoms with van der Waals surface area (Å²) in [6, 6.07) is 13.7. The number of carbonyl (C=O) groups excluding carboxylic acids is 3. The fourth-order valence-corrected chi connectivity index (χ4v) is 4.26. The number of anilines is 1. The minimum absolute atomic E-state index is 0.0478. The third kappa shape index (κ3) is 5.36. The molecule has 178 valence electrons. The number of furan rings is 1. The first-order valence-corrected chi connectivity index (χ1v) is 11.2. The highest BCUT2D eigenvalue weighted by molar-refractivity contribution is 8.18. The van der Waals surface area contributed by atoms with Gasteiger partial charge in [0.15, 0.2) is 0 Å². The molecule has 1 aliphatic heterocycles. The van der Waals surface area contributed by atoms with Crippen LogP contribution in [0.3, 0.4) is 0 Å². The van der Waals surface area contributed by atoms with Crippen molar-refractivity contribution in [3.63, 3.8) is 0 Å². The van der Waals surface area contributed by atoms with E-state index in [2.05, 4.69) is 5.32 Å². The van der Waals surface area contributed by atoms with Gasteiger partial charge in [-0.3, -0.25) is 29.4 Å². The molecule has 3 aromatic rings. The van der Waals surface area contributed by atoms with E-state index in [4.69, 9.17) is 20.8 Å². The number of carbonyl (C=O) groups is 3. The van der Waals surface area contributed by atoms with Crippen molar-refractivity contribution in [3.05, 3.63) is 80.4 Å². The number of thioether (sulfide) groups is 1. The van der Waals surface area contributed by atoms with E-state index in [-0.39, 0.29) is 10.6 Å². The maximum Gasteiger partial charge on any atom is 0.294 e. The summed E-state index contributed by atoms with van der Waals surface area (Å²) >= 11 is 6.73. The predicted octanol–water partition coefficient (Wildman–Crippen LogP) is 5.19. The van der Waals surface area contributed by atoms with Crippen LogP contribution in [0.1, 0.15) is 5.76 Å². The number of methoxy groups -OCH3 is 1. The van der Waals surface area contributed by atoms with Gasteiger partial charge in [0.05, 0.1) is 22.0 Å². The molecule has 1 saturated heterocycles. The van der Waals surface area contributed by atoms with Crippen LogP contribution in [0.15, 0.2) is 63.9 Å². The van der Waals surface area contributed by atoms with E-state index in [0.29, 0.717) is 45.3 Å². The first kappa shape index (κ1) is 24.0. The average Bonchev–Trinajstić information content (AvgIpc) is 3.39. The second-order valence-corrected chi connectivity index (χ2v) is 8.57. The molecular formula is C23H16ClN3O7S. The molecule has 3 amide bonds. The van der Waals surface area contributed by atoms with Gasteiger partial charge in [-0.25, -0.2) is 0 Å². The maximum atomic E-state index is 12.7. The highest BCUT2D eigenvalue weighted by Crippen LogP contribution is 2.34. The van der Waals surface area contributed by atoms with Crippen molar-refractivity contribution in [2.45, 2.75) is 0 Å². The molecule has 0 radical (unpaired) electrons. The van der Waals surface area contributed by atoms with Gasteiger partial charge in [0.25, 0.3) is 16.8 Å². The Bertz CT molecular complexity index is 1370. The quantitative estimate of drug-likeness (QED) is 0.259. The van der Waals surface area contributed by atoms with E-state index in [0.717, 1.165) is 4.90 Å². The van der Waals surface area contributed by atoms with Crippen molar-refractivity contribution in [3.8, 4) is 17.1 Å². The zero-order chi connectivity index (χ0) is 25.1. The third-order valence-electron chi connectivity index (χ3n) is 4.87. The van der Waals surface area contributed by atoms with E-state index >= 15 is 0 Å². The van der Waals surface area contributed by atoms with Gasteiger partial charge in [0.1, 0.15) is 23.8 Å². The predicted molar refractivity (Wildman–Crippen MR) is 130 cm³/mol. The lowest BCUT2D eigenvalue weighted by molar-refractivity contribution is -0.384. The lowest BCUT2D eigenvalue weighted by Crippen LogP contribution is -2.36. The summed E-state index contributed by atoms with van der Waals surface area (Å²) in [7, 11) is 1.46. The number of nitrogens with one attached hydrogen (secondary N) is 1. The summed E-state index contributed by atoms with van der Waals surface area (Å²) in [4.78, 5) is 48.7. The van der Waals surface area contributed by atoms with Crippen LogP contribution >= 0.6 is 23.4 Å². The first-order chi connectivity index (χ1) is 16.7. The lowest BCUT2D eigenvalue weighted by atomic mass is 10.1. The number of non-ortho nitro benzene ring substituents is 1. The number of imide groups is 1. The highest BCUT2D eigenvalue weighted by Gasteiger charge is 2.36. The van der Waals surface area contributed by atoms with Crippen LogP contribution in [0.25, 0.3) is 17.4 Å². The van der Waals surface area contributed by atoms with E-state index in [1.165, 1.54) is 31.4 Å². The summed E-state index contributed by atoms with van der Waals surface area (Å²) in [6.07, 6.45) is 1.40. The SMILES string of the molecule is COc1ccc(NC(=O)CN2C(=O)S/C(=C/c3ccc(-c4ccc([N+](=O)[O-])cc4)o3)C2=O)cc1Cl. The summed E-state index contributed by atoms with van der Waals surface area (Å²) < 4.78 is 10.8. The minimum atomic E-state index is -0.629. The Morgan fingerprint density at radius 1 is 1.20 bits per heavy atom. The molecule has 2 heterocycles. The molecule has 1 aromatic heterocycles. The molecule has 1 fully saturated rings. The van der Waals surface area contributed by atoms with Crippen molar-refractivity contribution in [2.24, 2.45) is 0 Å². The van der Waals surface area contributed by atoms with Crippen LogP contribution in [0.5, 0.6) is 5.75 Å². The zero-order valence-electron chi connectivity index (χ0n) is 18.0. The Morgan fingerprint density at radius 2 is 1.94 bits per heavy atom. The fourth-order valence-electron chi connectivity index (χ4n) is 3.19. The van der Waals surface area contributed by atoms with Gasteiger partial charge < -0.3 is 14.5 Å². The molecule has 0 bridgehead atoms. The molecule has 0 saturated carbocycles. The second-order valence-electron chi connectivity index (χ2n) is 7.17. The molecule has 0 aliphatic carbocycles. The number of nitrogens with zero attached hydrogens (tertiary/aromatic N) is 2. The molecule has 2 aromatic carbocycles. The number of nitro groups is 1. The lowest BCUT2D eigenvalue weighted by Gasteiger charge is -2.13. The zero-order valence-corrected chi connectivity index (χ0v) is 19.6. The average molecular weight is 514 g/mol. The number of hydrogen-bond acceptors (Lipinski definition) is 8. The van der Waals surface area contributed by atoms with Crippen molar-refractivity contribution in [1.29, 1.82) is 0 Å². The smallest absolute Gasteiger partial charge is 0.294 e. The second kappa shape index (κ2) is 10.0. The maximum absolute atomic E-state index is 12.7. The monoisotopic (exact) mass is 513 g/mol. The third-order valence-corrected chi connectivity index (χ3v) is 6.08. The Kier molecular flexibility index (Phi) is 6.90. The van der Waals surface area contributed by atoms with Gasteiger partial charge in [0.2, 0.25) is 5.91 Å². The fraction of sp³-hybridized carbons (Fsp3) is 0.0870. The van der Waals surface area contributed by atoms with Crippen molar-refractivity contribution in [2.75, 3.05) is 19.0 Å². The summed E-state index contributed by atoms with van der Waals surface area (Å²) in [6.45, 7) is -0.474. The Balaban J connectivity index is 1.43. The van der Waals surface area contributed by atoms with Gasteiger partial charge in [-0.15, -0.1) is 0 Å². The standard InChI is InChI=1S/C23H16ClN3O7S/c1-33-19-8-4-14(10-17(19)24)25-21(28)12-26-22(29)20(35-23(26)30)11-16-7-9-18(34-16)13-2-5-15(6-3-13)27(31)32/h2-11H,12H2,1H3,(H,25,28)/b20-11+. The van der Waals surface area contributed by atoms with E-state index in [1.807, 2.05) is 0 Å². The molecule has 1 aliphatic rings. The molecule has 35 heavy (non-hydrogen) atoms. The molecule has 0 atom stereocenters. The Labute approximate surface area is 207 Å². The minimum Gasteiger partial charge on any atom is -0.495 e. The Morgan fingerprint density at radius 3 is 2.60 bits per heavy atom. The van der Waals surface area contributed by atoms with Gasteiger partial charge in [-0.2, -0.15) is 0 Å². The molecule has 0 spiro atoms. The number of rotatable bonds is 7. The van der Waals surface area contributed by atoms with Crippen molar-refractivity contribution in [1.82, 2.24) is 4.90 Å². The molecule has 12 heteroatoms. The molecule has 4 rings (SSSR count). The number of halogens is 1. The first-order valence-electron chi connectivity index (χ1n) is 9.98. The van der Waals surface area contributed by atoms with E-state index in [9.17, 15) is 24.5 Å². The summed E-state index contributed by atoms with van der Waals surface area (Å²) in [5.41, 5.74) is 0.949. The van der Waals surface area contributed by atoms with Gasteiger partial charge in [0, 0.05) is 29.5 Å². The molecule has 1 N–H and O–H groups in total. The van der Waals surface area contributed by atoms with Gasteiger partial charge in [-0.05, 0) is 54.2 Å². The number of ether oxygens (including phenoxy) is 1. The van der Waals surface area contributed by atoms with Crippen LogP contribution in [-0.4, -0.2) is 40.5 Å². The Hall–Kier alpha value is -4.09. The van der Waals surface area contributed by atoms with Crippen LogP contribution in [-0.2, 0) is 9.59 Å². The number of hydrogen-bond donors (Lipinski definition) is 1. The largest absolute Gasteiger partial charge is 0.495 e. The van der Waals surface area contributed by atoms with Crippen molar-refractivity contribution < 1.29 is 28.5 Å². The molecular weight excluding hydrogens is 498 g/mol. The van der Waals surface area contributed by atoms with Crippen molar-refractivity contribution >= 4 is 57.9 Å². The highest BCUT2D eigenvalue weighted by atomic mass is 35.5.